The summed E-state index contributed by atoms with van der Waals surface area (Å²) < 4.78 is 13.1. The van der Waals surface area contributed by atoms with Gasteiger partial charge in [0.15, 0.2) is 0 Å². The molecule has 0 fully saturated rings. The van der Waals surface area contributed by atoms with Crippen molar-refractivity contribution in [3.8, 4) is 0 Å². The number of nitrogens with one attached hydrogen (secondary N) is 1. The molecule has 2 rings (SSSR count). The number of aliphatic hydroxyl groups is 1. The van der Waals surface area contributed by atoms with Crippen LogP contribution in [-0.2, 0) is 0 Å². The van der Waals surface area contributed by atoms with Gasteiger partial charge in [0, 0.05) is 12.6 Å². The Morgan fingerprint density at radius 1 is 1.05 bits per heavy atom. The summed E-state index contributed by atoms with van der Waals surface area (Å²) in [6.07, 6.45) is -0.558. The molecule has 19 heavy (non-hydrogen) atoms. The van der Waals surface area contributed by atoms with E-state index in [2.05, 4.69) is 5.32 Å². The molecule has 3 heteroatoms. The predicted octanol–water partition coefficient (Wildman–Crippen LogP) is 3.21. The molecular weight excluding hydrogens is 241 g/mol. The molecular formula is C16H18FNO. The number of aliphatic hydroxyl groups excluding tert-OH is 1. The quantitative estimate of drug-likeness (QED) is 0.864. The lowest BCUT2D eigenvalue weighted by atomic mass is 10.1. The van der Waals surface area contributed by atoms with Crippen LogP contribution < -0.4 is 5.32 Å². The first-order valence-electron chi connectivity index (χ1n) is 6.38. The topological polar surface area (TPSA) is 32.3 Å². The van der Waals surface area contributed by atoms with E-state index < -0.39 is 6.10 Å². The van der Waals surface area contributed by atoms with Gasteiger partial charge in [0.1, 0.15) is 5.82 Å². The average Bonchev–Trinajstić information content (AvgIpc) is 2.45. The smallest absolute Gasteiger partial charge is 0.123 e. The van der Waals surface area contributed by atoms with Crippen LogP contribution in [0.1, 0.15) is 30.2 Å². The van der Waals surface area contributed by atoms with Crippen LogP contribution in [0.25, 0.3) is 0 Å². The fourth-order valence-electron chi connectivity index (χ4n) is 1.98. The highest BCUT2D eigenvalue weighted by molar-refractivity contribution is 5.20. The minimum absolute atomic E-state index is 0.00550. The van der Waals surface area contributed by atoms with Crippen molar-refractivity contribution in [3.05, 3.63) is 71.5 Å². The SMILES string of the molecule is CC(NCC(O)c1ccccc1)c1cccc(F)c1. The van der Waals surface area contributed by atoms with Crippen LogP contribution in [0.5, 0.6) is 0 Å². The highest BCUT2D eigenvalue weighted by Crippen LogP contribution is 2.16. The van der Waals surface area contributed by atoms with Gasteiger partial charge in [0.05, 0.1) is 6.10 Å². The van der Waals surface area contributed by atoms with E-state index in [1.807, 2.05) is 43.3 Å². The van der Waals surface area contributed by atoms with E-state index >= 15 is 0 Å². The second kappa shape index (κ2) is 6.45. The van der Waals surface area contributed by atoms with Crippen molar-refractivity contribution in [1.82, 2.24) is 5.32 Å². The van der Waals surface area contributed by atoms with E-state index in [1.165, 1.54) is 12.1 Å². The Bertz CT molecular complexity index is 515. The van der Waals surface area contributed by atoms with E-state index in [1.54, 1.807) is 6.07 Å². The third-order valence-electron chi connectivity index (χ3n) is 3.15. The summed E-state index contributed by atoms with van der Waals surface area (Å²) in [6, 6.07) is 16.0. The number of rotatable bonds is 5. The molecule has 0 bridgehead atoms. The summed E-state index contributed by atoms with van der Waals surface area (Å²) in [4.78, 5) is 0. The van der Waals surface area contributed by atoms with Crippen molar-refractivity contribution in [3.63, 3.8) is 0 Å². The van der Waals surface area contributed by atoms with Gasteiger partial charge in [-0.15, -0.1) is 0 Å². The van der Waals surface area contributed by atoms with Crippen LogP contribution in [-0.4, -0.2) is 11.7 Å². The lowest BCUT2D eigenvalue weighted by Crippen LogP contribution is -2.24. The fraction of sp³-hybridized carbons (Fsp3) is 0.250. The molecule has 0 aliphatic carbocycles. The first-order chi connectivity index (χ1) is 9.16. The molecule has 0 saturated carbocycles. The molecule has 100 valence electrons. The van der Waals surface area contributed by atoms with E-state index in [4.69, 9.17) is 0 Å². The third kappa shape index (κ3) is 3.88. The maximum Gasteiger partial charge on any atom is 0.123 e. The summed E-state index contributed by atoms with van der Waals surface area (Å²) in [5.41, 5.74) is 1.75. The number of benzene rings is 2. The van der Waals surface area contributed by atoms with Crippen LogP contribution in [0.3, 0.4) is 0 Å². The lowest BCUT2D eigenvalue weighted by Gasteiger charge is -2.17. The molecule has 2 nitrogen and oxygen atoms in total. The molecule has 2 atom stereocenters. The first-order valence-corrected chi connectivity index (χ1v) is 6.38. The number of halogens is 1. The van der Waals surface area contributed by atoms with Crippen LogP contribution in [0.15, 0.2) is 54.6 Å². The Labute approximate surface area is 112 Å². The highest BCUT2D eigenvalue weighted by atomic mass is 19.1. The van der Waals surface area contributed by atoms with Crippen molar-refractivity contribution in [1.29, 1.82) is 0 Å². The molecule has 2 N–H and O–H groups in total. The molecule has 2 unspecified atom stereocenters. The summed E-state index contributed by atoms with van der Waals surface area (Å²) in [5, 5.41) is 13.2. The monoisotopic (exact) mass is 259 g/mol. The summed E-state index contributed by atoms with van der Waals surface area (Å²) in [6.45, 7) is 2.38. The van der Waals surface area contributed by atoms with Gasteiger partial charge >= 0.3 is 0 Å². The molecule has 0 aliphatic rings. The normalized spacial score (nSPS) is 14.1. The van der Waals surface area contributed by atoms with Gasteiger partial charge in [-0.3, -0.25) is 0 Å². The maximum atomic E-state index is 13.1. The van der Waals surface area contributed by atoms with Crippen molar-refractivity contribution >= 4 is 0 Å². The first kappa shape index (κ1) is 13.7. The second-order valence-electron chi connectivity index (χ2n) is 4.61. The van der Waals surface area contributed by atoms with Crippen molar-refractivity contribution < 1.29 is 9.50 Å². The maximum absolute atomic E-state index is 13.1. The van der Waals surface area contributed by atoms with Gasteiger partial charge in [-0.05, 0) is 30.2 Å². The van der Waals surface area contributed by atoms with Gasteiger partial charge in [-0.25, -0.2) is 4.39 Å². The zero-order valence-electron chi connectivity index (χ0n) is 10.9. The molecule has 0 heterocycles. The number of hydrogen-bond donors (Lipinski definition) is 2. The Hall–Kier alpha value is -1.71. The van der Waals surface area contributed by atoms with Crippen molar-refractivity contribution in [2.75, 3.05) is 6.54 Å². The average molecular weight is 259 g/mol. The summed E-state index contributed by atoms with van der Waals surface area (Å²) >= 11 is 0. The van der Waals surface area contributed by atoms with Crippen LogP contribution in [0.4, 0.5) is 4.39 Å². The third-order valence-corrected chi connectivity index (χ3v) is 3.15. The molecule has 0 aromatic heterocycles. The van der Waals surface area contributed by atoms with Crippen molar-refractivity contribution in [2.45, 2.75) is 19.1 Å². The predicted molar refractivity (Wildman–Crippen MR) is 74.2 cm³/mol. The lowest BCUT2D eigenvalue weighted by molar-refractivity contribution is 0.171. The van der Waals surface area contributed by atoms with E-state index in [-0.39, 0.29) is 11.9 Å². The Morgan fingerprint density at radius 3 is 2.42 bits per heavy atom. The zero-order valence-corrected chi connectivity index (χ0v) is 10.9. The van der Waals surface area contributed by atoms with Gasteiger partial charge < -0.3 is 10.4 Å². The summed E-state index contributed by atoms with van der Waals surface area (Å²) in [5.74, 6) is -0.241. The van der Waals surface area contributed by atoms with Crippen LogP contribution in [0, 0.1) is 5.82 Å². The Kier molecular flexibility index (Phi) is 4.66. The molecule has 0 aliphatic heterocycles. The second-order valence-corrected chi connectivity index (χ2v) is 4.61. The molecule has 0 amide bonds. The molecule has 0 saturated heterocycles. The molecule has 0 spiro atoms. The Morgan fingerprint density at radius 2 is 1.74 bits per heavy atom. The molecule has 2 aromatic rings. The Balaban J connectivity index is 1.92. The van der Waals surface area contributed by atoms with Gasteiger partial charge in [-0.1, -0.05) is 42.5 Å². The molecule has 2 aromatic carbocycles. The minimum atomic E-state index is -0.558. The van der Waals surface area contributed by atoms with Crippen LogP contribution in [0.2, 0.25) is 0 Å². The highest BCUT2D eigenvalue weighted by Gasteiger charge is 2.10. The van der Waals surface area contributed by atoms with Gasteiger partial charge in [0.2, 0.25) is 0 Å². The van der Waals surface area contributed by atoms with Gasteiger partial charge in [0.25, 0.3) is 0 Å². The molecule has 0 radical (unpaired) electrons. The van der Waals surface area contributed by atoms with Crippen LogP contribution >= 0.6 is 0 Å². The number of hydrogen-bond acceptors (Lipinski definition) is 2. The van der Waals surface area contributed by atoms with Gasteiger partial charge in [-0.2, -0.15) is 0 Å². The fourth-order valence-corrected chi connectivity index (χ4v) is 1.98. The van der Waals surface area contributed by atoms with E-state index in [9.17, 15) is 9.50 Å². The largest absolute Gasteiger partial charge is 0.387 e. The standard InChI is InChI=1S/C16H18FNO/c1-12(14-8-5-9-15(17)10-14)18-11-16(19)13-6-3-2-4-7-13/h2-10,12,16,18-19H,11H2,1H3. The van der Waals surface area contributed by atoms with E-state index in [0.717, 1.165) is 11.1 Å². The minimum Gasteiger partial charge on any atom is -0.387 e. The zero-order chi connectivity index (χ0) is 13.7. The summed E-state index contributed by atoms with van der Waals surface area (Å²) in [7, 11) is 0. The van der Waals surface area contributed by atoms with Crippen molar-refractivity contribution in [2.24, 2.45) is 0 Å². The van der Waals surface area contributed by atoms with E-state index in [0.29, 0.717) is 6.54 Å².